The van der Waals surface area contributed by atoms with Crippen LogP contribution in [-0.4, -0.2) is 38.8 Å². The minimum absolute atomic E-state index is 0.0272. The summed E-state index contributed by atoms with van der Waals surface area (Å²) in [6.45, 7) is 4.45. The lowest BCUT2D eigenvalue weighted by atomic mass is 9.86. The fraction of sp³-hybridized carbons (Fsp3) is 0.500. The highest BCUT2D eigenvalue weighted by atomic mass is 32.1. The van der Waals surface area contributed by atoms with Crippen molar-refractivity contribution in [1.82, 2.24) is 10.6 Å². The molecule has 1 amide bonds. The topological polar surface area (TPSA) is 68.8 Å². The number of thiophene rings is 1. The second-order valence-corrected chi connectivity index (χ2v) is 8.87. The summed E-state index contributed by atoms with van der Waals surface area (Å²) >= 11 is 1.60. The number of nitrogens with one attached hydrogen (secondary N) is 2. The second-order valence-electron chi connectivity index (χ2n) is 7.82. The molecule has 1 aromatic carbocycles. The number of rotatable bonds is 3. The molecule has 6 nitrogen and oxygen atoms in total. The Hall–Kier alpha value is -2.09. The van der Waals surface area contributed by atoms with Crippen molar-refractivity contribution in [3.8, 4) is 11.5 Å². The van der Waals surface area contributed by atoms with Gasteiger partial charge >= 0.3 is 0 Å². The van der Waals surface area contributed by atoms with E-state index in [9.17, 15) is 4.79 Å². The maximum Gasteiger partial charge on any atom is 0.261 e. The van der Waals surface area contributed by atoms with Gasteiger partial charge in [-0.2, -0.15) is 0 Å². The van der Waals surface area contributed by atoms with E-state index in [4.69, 9.17) is 14.2 Å². The standard InChI is InChI=1S/C22H26N2O4S/c25-21(24-14-15-2-3-17-18(12-15)27-10-1-9-26-17)19-13-16-4-11-28-22(20(16)29-19)5-7-23-8-6-22/h2-3,12-13,23H,1,4-11,14H2,(H,24,25). The number of piperidine rings is 1. The molecule has 0 radical (unpaired) electrons. The molecular formula is C22H26N2O4S. The summed E-state index contributed by atoms with van der Waals surface area (Å²) < 4.78 is 17.6. The van der Waals surface area contributed by atoms with Gasteiger partial charge in [-0.05, 0) is 61.7 Å². The molecule has 29 heavy (non-hydrogen) atoms. The summed E-state index contributed by atoms with van der Waals surface area (Å²) in [6.07, 6.45) is 3.71. The highest BCUT2D eigenvalue weighted by Crippen LogP contribution is 2.44. The van der Waals surface area contributed by atoms with Gasteiger partial charge in [-0.15, -0.1) is 11.3 Å². The van der Waals surface area contributed by atoms with E-state index in [1.165, 1.54) is 10.4 Å². The molecule has 2 N–H and O–H groups in total. The summed E-state index contributed by atoms with van der Waals surface area (Å²) in [4.78, 5) is 14.9. The second kappa shape index (κ2) is 7.97. The first-order chi connectivity index (χ1) is 14.2. The van der Waals surface area contributed by atoms with E-state index in [0.29, 0.717) is 19.8 Å². The molecule has 0 atom stereocenters. The van der Waals surface area contributed by atoms with Crippen molar-refractivity contribution in [2.75, 3.05) is 32.9 Å². The van der Waals surface area contributed by atoms with E-state index >= 15 is 0 Å². The molecule has 0 aliphatic carbocycles. The van der Waals surface area contributed by atoms with E-state index in [1.807, 2.05) is 18.2 Å². The van der Waals surface area contributed by atoms with Gasteiger partial charge in [0, 0.05) is 17.8 Å². The molecule has 1 fully saturated rings. The number of carbonyl (C=O) groups is 1. The molecule has 154 valence electrons. The number of benzene rings is 1. The normalized spacial score (nSPS) is 20.0. The van der Waals surface area contributed by atoms with Crippen LogP contribution in [0.15, 0.2) is 24.3 Å². The van der Waals surface area contributed by atoms with Gasteiger partial charge in [0.2, 0.25) is 0 Å². The number of carbonyl (C=O) groups excluding carboxylic acids is 1. The van der Waals surface area contributed by atoms with Crippen molar-refractivity contribution in [3.63, 3.8) is 0 Å². The summed E-state index contributed by atoms with van der Waals surface area (Å²) in [6, 6.07) is 7.92. The number of fused-ring (bicyclic) bond motifs is 3. The Morgan fingerprint density at radius 2 is 1.93 bits per heavy atom. The number of hydrogen-bond acceptors (Lipinski definition) is 6. The fourth-order valence-corrected chi connectivity index (χ4v) is 5.65. The Morgan fingerprint density at radius 3 is 2.79 bits per heavy atom. The molecule has 2 aromatic rings. The third-order valence-corrected chi connectivity index (χ3v) is 7.23. The van der Waals surface area contributed by atoms with Crippen LogP contribution >= 0.6 is 11.3 Å². The molecule has 1 saturated heterocycles. The van der Waals surface area contributed by atoms with Gasteiger partial charge in [0.1, 0.15) is 5.60 Å². The average Bonchev–Trinajstić information content (AvgIpc) is 3.06. The number of ether oxygens (including phenoxy) is 3. The van der Waals surface area contributed by atoms with E-state index in [-0.39, 0.29) is 11.5 Å². The minimum Gasteiger partial charge on any atom is -0.490 e. The van der Waals surface area contributed by atoms with E-state index in [0.717, 1.165) is 67.3 Å². The number of amides is 1. The Balaban J connectivity index is 1.29. The van der Waals surface area contributed by atoms with Gasteiger partial charge in [-0.25, -0.2) is 0 Å². The zero-order valence-corrected chi connectivity index (χ0v) is 17.2. The van der Waals surface area contributed by atoms with Gasteiger partial charge in [0.05, 0.1) is 24.7 Å². The van der Waals surface area contributed by atoms with Crippen LogP contribution in [0.3, 0.4) is 0 Å². The lowest BCUT2D eigenvalue weighted by Crippen LogP contribution is -2.43. The molecule has 3 aliphatic rings. The minimum atomic E-state index is -0.198. The summed E-state index contributed by atoms with van der Waals surface area (Å²) in [5.41, 5.74) is 2.09. The Bertz CT molecular complexity index is 904. The van der Waals surface area contributed by atoms with Crippen LogP contribution in [0.5, 0.6) is 11.5 Å². The summed E-state index contributed by atoms with van der Waals surface area (Å²) in [5, 5.41) is 6.47. The van der Waals surface area contributed by atoms with Gasteiger partial charge in [0.25, 0.3) is 5.91 Å². The molecule has 3 aliphatic heterocycles. The molecule has 1 aromatic heterocycles. The van der Waals surface area contributed by atoms with Crippen LogP contribution in [0.2, 0.25) is 0 Å². The van der Waals surface area contributed by atoms with Gasteiger partial charge < -0.3 is 24.8 Å². The maximum atomic E-state index is 12.8. The van der Waals surface area contributed by atoms with Crippen LogP contribution in [0.25, 0.3) is 0 Å². The quantitative estimate of drug-likeness (QED) is 0.808. The molecular weight excluding hydrogens is 388 g/mol. The van der Waals surface area contributed by atoms with Crippen molar-refractivity contribution >= 4 is 17.2 Å². The monoisotopic (exact) mass is 414 g/mol. The summed E-state index contributed by atoms with van der Waals surface area (Å²) in [7, 11) is 0. The van der Waals surface area contributed by atoms with Gasteiger partial charge in [-0.1, -0.05) is 6.07 Å². The Kier molecular flexibility index (Phi) is 5.20. The predicted octanol–water partition coefficient (Wildman–Crippen LogP) is 2.99. The highest BCUT2D eigenvalue weighted by Gasteiger charge is 2.41. The SMILES string of the molecule is O=C(NCc1ccc2c(c1)OCCCO2)c1cc2c(s1)C1(CCNCC1)OCC2. The van der Waals surface area contributed by atoms with Crippen molar-refractivity contribution < 1.29 is 19.0 Å². The highest BCUT2D eigenvalue weighted by molar-refractivity contribution is 7.14. The smallest absolute Gasteiger partial charge is 0.261 e. The molecule has 0 bridgehead atoms. The van der Waals surface area contributed by atoms with Crippen molar-refractivity contribution in [1.29, 1.82) is 0 Å². The largest absolute Gasteiger partial charge is 0.490 e. The van der Waals surface area contributed by atoms with Crippen molar-refractivity contribution in [2.24, 2.45) is 0 Å². The Labute approximate surface area is 174 Å². The summed E-state index contributed by atoms with van der Waals surface area (Å²) in [5.74, 6) is 1.50. The van der Waals surface area contributed by atoms with Crippen molar-refractivity contribution in [3.05, 3.63) is 45.1 Å². The molecule has 4 heterocycles. The average molecular weight is 415 g/mol. The molecule has 7 heteroatoms. The zero-order chi connectivity index (χ0) is 19.7. The molecule has 0 saturated carbocycles. The maximum absolute atomic E-state index is 12.8. The predicted molar refractivity (Wildman–Crippen MR) is 111 cm³/mol. The van der Waals surface area contributed by atoms with Crippen LogP contribution in [0, 0.1) is 0 Å². The van der Waals surface area contributed by atoms with Crippen molar-refractivity contribution in [2.45, 2.75) is 37.8 Å². The van der Waals surface area contributed by atoms with Crippen LogP contribution < -0.4 is 20.1 Å². The molecule has 1 spiro atoms. The van der Waals surface area contributed by atoms with Gasteiger partial charge in [0.15, 0.2) is 11.5 Å². The third-order valence-electron chi connectivity index (χ3n) is 5.87. The first-order valence-corrected chi connectivity index (χ1v) is 11.2. The lowest BCUT2D eigenvalue weighted by Gasteiger charge is -2.40. The van der Waals surface area contributed by atoms with Crippen LogP contribution in [0.1, 0.15) is 44.9 Å². The van der Waals surface area contributed by atoms with Crippen LogP contribution in [-0.2, 0) is 23.3 Å². The first kappa shape index (κ1) is 18.9. The lowest BCUT2D eigenvalue weighted by molar-refractivity contribution is -0.0771. The van der Waals surface area contributed by atoms with E-state index < -0.39 is 0 Å². The van der Waals surface area contributed by atoms with E-state index in [1.54, 1.807) is 11.3 Å². The molecule has 5 rings (SSSR count). The molecule has 0 unspecified atom stereocenters. The number of hydrogen-bond donors (Lipinski definition) is 2. The van der Waals surface area contributed by atoms with Gasteiger partial charge in [-0.3, -0.25) is 4.79 Å². The third kappa shape index (κ3) is 3.74. The first-order valence-electron chi connectivity index (χ1n) is 10.4. The zero-order valence-electron chi connectivity index (χ0n) is 16.4. The Morgan fingerprint density at radius 1 is 1.10 bits per heavy atom. The fourth-order valence-electron chi connectivity index (χ4n) is 4.32. The van der Waals surface area contributed by atoms with E-state index in [2.05, 4.69) is 16.7 Å². The van der Waals surface area contributed by atoms with Crippen LogP contribution in [0.4, 0.5) is 0 Å².